The maximum atomic E-state index is 11.7. The summed E-state index contributed by atoms with van der Waals surface area (Å²) in [5.74, 6) is 0.0586. The zero-order valence-corrected chi connectivity index (χ0v) is 16.6. The summed E-state index contributed by atoms with van der Waals surface area (Å²) in [7, 11) is 0. The van der Waals surface area contributed by atoms with Crippen molar-refractivity contribution >= 4 is 5.78 Å². The molecule has 0 aromatic carbocycles. The molecule has 0 aliphatic rings. The monoisotopic (exact) mass is 338 g/mol. The molecule has 0 aromatic heterocycles. The molecule has 1 unspecified atom stereocenters. The summed E-state index contributed by atoms with van der Waals surface area (Å²) in [4.78, 5) is 11.7. The molecule has 0 aliphatic heterocycles. The van der Waals surface area contributed by atoms with Gasteiger partial charge in [0.25, 0.3) is 0 Å². The molecular weight excluding hydrogens is 296 g/mol. The van der Waals surface area contributed by atoms with Gasteiger partial charge in [-0.3, -0.25) is 4.79 Å². The van der Waals surface area contributed by atoms with E-state index < -0.39 is 6.10 Å². The van der Waals surface area contributed by atoms with Crippen LogP contribution in [0.3, 0.4) is 0 Å². The van der Waals surface area contributed by atoms with Gasteiger partial charge in [-0.25, -0.2) is 0 Å². The summed E-state index contributed by atoms with van der Waals surface area (Å²) in [6.07, 6.45) is 20.9. The van der Waals surface area contributed by atoms with Crippen LogP contribution in [0.5, 0.6) is 0 Å². The van der Waals surface area contributed by atoms with Gasteiger partial charge in [0, 0.05) is 6.42 Å². The van der Waals surface area contributed by atoms with E-state index in [1.54, 1.807) is 0 Å². The van der Waals surface area contributed by atoms with E-state index >= 15 is 0 Å². The van der Waals surface area contributed by atoms with E-state index in [1.165, 1.54) is 70.6 Å². The number of allylic oxidation sites excluding steroid dienone is 2. The van der Waals surface area contributed by atoms with Crippen LogP contribution in [0.2, 0.25) is 0 Å². The zero-order chi connectivity index (χ0) is 18.0. The van der Waals surface area contributed by atoms with Crippen molar-refractivity contribution in [2.24, 2.45) is 5.92 Å². The Balaban J connectivity index is 3.27. The molecule has 142 valence electrons. The second kappa shape index (κ2) is 17.2. The van der Waals surface area contributed by atoms with Crippen molar-refractivity contribution in [3.05, 3.63) is 12.2 Å². The van der Waals surface area contributed by atoms with Crippen LogP contribution in [-0.4, -0.2) is 17.0 Å². The first-order valence-electron chi connectivity index (χ1n) is 10.4. The number of carbonyl (C=O) groups excluding carboxylic acids is 1. The van der Waals surface area contributed by atoms with Gasteiger partial charge in [0.1, 0.15) is 6.10 Å². The number of aliphatic hydroxyl groups excluding tert-OH is 1. The molecule has 2 nitrogen and oxygen atoms in total. The average Bonchev–Trinajstić information content (AvgIpc) is 2.57. The molecule has 0 fully saturated rings. The average molecular weight is 339 g/mol. The van der Waals surface area contributed by atoms with Crippen molar-refractivity contribution in [1.29, 1.82) is 0 Å². The lowest BCUT2D eigenvalue weighted by Crippen LogP contribution is -2.25. The number of rotatable bonds is 17. The van der Waals surface area contributed by atoms with Gasteiger partial charge in [0.05, 0.1) is 0 Å². The molecule has 0 aliphatic carbocycles. The molecule has 0 bridgehead atoms. The first-order chi connectivity index (χ1) is 11.6. The van der Waals surface area contributed by atoms with Crippen molar-refractivity contribution in [3.63, 3.8) is 0 Å². The van der Waals surface area contributed by atoms with Crippen LogP contribution in [0.15, 0.2) is 12.2 Å². The molecule has 0 spiro atoms. The first-order valence-corrected chi connectivity index (χ1v) is 10.4. The van der Waals surface area contributed by atoms with Crippen molar-refractivity contribution in [2.45, 2.75) is 117 Å². The Morgan fingerprint density at radius 3 is 1.75 bits per heavy atom. The molecular formula is C22H42O2. The lowest BCUT2D eigenvalue weighted by molar-refractivity contribution is -0.129. The fraction of sp³-hybridized carbons (Fsp3) is 0.864. The number of aliphatic hydroxyl groups is 1. The van der Waals surface area contributed by atoms with Gasteiger partial charge in [-0.05, 0) is 38.0 Å². The third-order valence-corrected chi connectivity index (χ3v) is 4.65. The predicted octanol–water partition coefficient (Wildman–Crippen LogP) is 6.61. The number of hydrogen-bond acceptors (Lipinski definition) is 2. The van der Waals surface area contributed by atoms with Crippen molar-refractivity contribution in [1.82, 2.24) is 0 Å². The van der Waals surface area contributed by atoms with Gasteiger partial charge >= 0.3 is 0 Å². The summed E-state index contributed by atoms with van der Waals surface area (Å²) in [5.41, 5.74) is 0. The van der Waals surface area contributed by atoms with Crippen LogP contribution < -0.4 is 0 Å². The smallest absolute Gasteiger partial charge is 0.161 e. The highest BCUT2D eigenvalue weighted by Gasteiger charge is 2.17. The number of carbonyl (C=O) groups is 1. The molecule has 1 N–H and O–H groups in total. The largest absolute Gasteiger partial charge is 0.385 e. The molecule has 0 saturated heterocycles. The molecule has 0 saturated carbocycles. The van der Waals surface area contributed by atoms with E-state index in [0.29, 0.717) is 6.42 Å². The molecule has 24 heavy (non-hydrogen) atoms. The maximum Gasteiger partial charge on any atom is 0.161 e. The number of Topliss-reactive ketones (excluding diaryl/α,β-unsaturated/α-hetero) is 1. The van der Waals surface area contributed by atoms with E-state index in [2.05, 4.69) is 19.1 Å². The number of hydrogen-bond donors (Lipinski definition) is 1. The minimum absolute atomic E-state index is 0.0163. The number of unbranched alkanes of at least 4 members (excludes halogenated alkanes) is 11. The second-order valence-electron chi connectivity index (χ2n) is 7.49. The summed E-state index contributed by atoms with van der Waals surface area (Å²) in [5, 5.41) is 9.65. The molecule has 1 atom stereocenters. The van der Waals surface area contributed by atoms with E-state index in [4.69, 9.17) is 0 Å². The molecule has 2 heteroatoms. The normalized spacial score (nSPS) is 13.0. The van der Waals surface area contributed by atoms with Crippen LogP contribution in [0.1, 0.15) is 111 Å². The number of ketones is 1. The topological polar surface area (TPSA) is 37.3 Å². The molecule has 0 aromatic rings. The second-order valence-corrected chi connectivity index (χ2v) is 7.49. The van der Waals surface area contributed by atoms with Crippen LogP contribution in [0.25, 0.3) is 0 Å². The Kier molecular flexibility index (Phi) is 16.7. The van der Waals surface area contributed by atoms with E-state index in [9.17, 15) is 9.90 Å². The fourth-order valence-corrected chi connectivity index (χ4v) is 2.89. The minimum atomic E-state index is -0.762. The molecule has 0 rings (SSSR count). The van der Waals surface area contributed by atoms with E-state index in [-0.39, 0.29) is 11.7 Å². The van der Waals surface area contributed by atoms with E-state index in [1.807, 2.05) is 13.8 Å². The Hall–Kier alpha value is -0.630. The van der Waals surface area contributed by atoms with Gasteiger partial charge in [0.15, 0.2) is 5.78 Å². The third-order valence-electron chi connectivity index (χ3n) is 4.65. The van der Waals surface area contributed by atoms with Crippen LogP contribution in [0, 0.1) is 5.92 Å². The van der Waals surface area contributed by atoms with Crippen LogP contribution in [0.4, 0.5) is 0 Å². The Bertz CT molecular complexity index is 307. The quantitative estimate of drug-likeness (QED) is 0.239. The van der Waals surface area contributed by atoms with Crippen LogP contribution >= 0.6 is 0 Å². The van der Waals surface area contributed by atoms with Gasteiger partial charge in [-0.1, -0.05) is 84.3 Å². The predicted molar refractivity (Wildman–Crippen MR) is 105 cm³/mol. The highest BCUT2D eigenvalue weighted by atomic mass is 16.3. The lowest BCUT2D eigenvalue weighted by Gasteiger charge is -2.12. The summed E-state index contributed by atoms with van der Waals surface area (Å²) < 4.78 is 0. The van der Waals surface area contributed by atoms with Crippen LogP contribution in [-0.2, 0) is 4.79 Å². The Morgan fingerprint density at radius 1 is 0.792 bits per heavy atom. The molecule has 0 heterocycles. The van der Waals surface area contributed by atoms with Gasteiger partial charge in [-0.15, -0.1) is 0 Å². The first kappa shape index (κ1) is 23.4. The summed E-state index contributed by atoms with van der Waals surface area (Å²) >= 11 is 0. The molecule has 0 radical (unpaired) electrons. The maximum absolute atomic E-state index is 11.7. The standard InChI is InChI=1S/C22H42O2/c1-4-5-6-7-8-9-10-11-12-13-14-15-16-17-18-19-21(23)22(24)20(2)3/h11-12,20,22,24H,4-10,13-19H2,1-3H3/b12-11-. The van der Waals surface area contributed by atoms with Gasteiger partial charge < -0.3 is 5.11 Å². The summed E-state index contributed by atoms with van der Waals surface area (Å²) in [6.45, 7) is 6.05. The van der Waals surface area contributed by atoms with Gasteiger partial charge in [0.2, 0.25) is 0 Å². The minimum Gasteiger partial charge on any atom is -0.385 e. The van der Waals surface area contributed by atoms with Crippen molar-refractivity contribution in [3.8, 4) is 0 Å². The SMILES string of the molecule is CCCCCCCC/C=C\CCCCCCCC(=O)C(O)C(C)C. The Morgan fingerprint density at radius 2 is 1.25 bits per heavy atom. The highest BCUT2D eigenvalue weighted by Crippen LogP contribution is 2.12. The summed E-state index contributed by atoms with van der Waals surface area (Å²) in [6, 6.07) is 0. The van der Waals surface area contributed by atoms with Crippen molar-refractivity contribution in [2.75, 3.05) is 0 Å². The Labute approximate surface area is 151 Å². The van der Waals surface area contributed by atoms with E-state index in [0.717, 1.165) is 12.8 Å². The lowest BCUT2D eigenvalue weighted by atomic mass is 9.98. The third kappa shape index (κ3) is 14.9. The fourth-order valence-electron chi connectivity index (χ4n) is 2.89. The highest BCUT2D eigenvalue weighted by molar-refractivity contribution is 5.82. The van der Waals surface area contributed by atoms with Crippen molar-refractivity contribution < 1.29 is 9.90 Å². The van der Waals surface area contributed by atoms with Gasteiger partial charge in [-0.2, -0.15) is 0 Å². The zero-order valence-electron chi connectivity index (χ0n) is 16.6. The molecule has 0 amide bonds.